The van der Waals surface area contributed by atoms with Crippen molar-refractivity contribution >= 4 is 0 Å². The van der Waals surface area contributed by atoms with Gasteiger partial charge in [-0.2, -0.15) is 0 Å². The standard InChI is InChI=1S/C17H27N3/c1-2-6-16-12-19-17(8-3-4-9-17)14-20(16)13-15-7-5-10-18-11-15/h5,7,10-11,16,19H,2-4,6,8-9,12-14H2,1H3. The monoisotopic (exact) mass is 273 g/mol. The molecule has 3 rings (SSSR count). The predicted molar refractivity (Wildman–Crippen MR) is 82.5 cm³/mol. The molecule has 2 fully saturated rings. The molecule has 1 aromatic heterocycles. The van der Waals surface area contributed by atoms with Gasteiger partial charge in [0.2, 0.25) is 0 Å². The second-order valence-corrected chi connectivity index (χ2v) is 6.58. The van der Waals surface area contributed by atoms with Gasteiger partial charge in [0.25, 0.3) is 0 Å². The first-order valence-electron chi connectivity index (χ1n) is 8.19. The van der Waals surface area contributed by atoms with Crippen LogP contribution in [0.3, 0.4) is 0 Å². The highest BCUT2D eigenvalue weighted by molar-refractivity contribution is 5.10. The van der Waals surface area contributed by atoms with Gasteiger partial charge in [0, 0.05) is 43.6 Å². The van der Waals surface area contributed by atoms with Crippen LogP contribution in [-0.4, -0.2) is 34.6 Å². The molecule has 0 bridgehead atoms. The van der Waals surface area contributed by atoms with E-state index < -0.39 is 0 Å². The topological polar surface area (TPSA) is 28.2 Å². The van der Waals surface area contributed by atoms with Crippen LogP contribution in [-0.2, 0) is 6.54 Å². The van der Waals surface area contributed by atoms with E-state index in [1.165, 1.54) is 50.6 Å². The van der Waals surface area contributed by atoms with Crippen LogP contribution in [0.15, 0.2) is 24.5 Å². The third-order valence-electron chi connectivity index (χ3n) is 5.03. The fraction of sp³-hybridized carbons (Fsp3) is 0.706. The van der Waals surface area contributed by atoms with E-state index in [1.54, 1.807) is 0 Å². The molecule has 1 aliphatic carbocycles. The van der Waals surface area contributed by atoms with Crippen molar-refractivity contribution in [3.05, 3.63) is 30.1 Å². The van der Waals surface area contributed by atoms with Gasteiger partial charge in [0.15, 0.2) is 0 Å². The third-order valence-corrected chi connectivity index (χ3v) is 5.03. The van der Waals surface area contributed by atoms with Crippen LogP contribution in [0.2, 0.25) is 0 Å². The third kappa shape index (κ3) is 3.04. The lowest BCUT2D eigenvalue weighted by molar-refractivity contribution is 0.0689. The summed E-state index contributed by atoms with van der Waals surface area (Å²) in [6.07, 6.45) is 11.9. The average Bonchev–Trinajstić information content (AvgIpc) is 2.92. The second kappa shape index (κ2) is 6.23. The Bertz CT molecular complexity index is 412. The minimum atomic E-state index is 0.409. The predicted octanol–water partition coefficient (Wildman–Crippen LogP) is 2.97. The van der Waals surface area contributed by atoms with E-state index in [4.69, 9.17) is 0 Å². The van der Waals surface area contributed by atoms with Crippen LogP contribution in [0, 0.1) is 0 Å². The number of aromatic nitrogens is 1. The van der Waals surface area contributed by atoms with Crippen molar-refractivity contribution in [3.8, 4) is 0 Å². The van der Waals surface area contributed by atoms with Crippen molar-refractivity contribution in [2.24, 2.45) is 0 Å². The van der Waals surface area contributed by atoms with Crippen LogP contribution in [0.5, 0.6) is 0 Å². The molecule has 2 aliphatic rings. The zero-order chi connectivity index (χ0) is 13.8. The van der Waals surface area contributed by atoms with Crippen LogP contribution in [0.1, 0.15) is 51.0 Å². The maximum atomic E-state index is 4.27. The second-order valence-electron chi connectivity index (χ2n) is 6.58. The summed E-state index contributed by atoms with van der Waals surface area (Å²) in [5, 5.41) is 3.89. The quantitative estimate of drug-likeness (QED) is 0.914. The van der Waals surface area contributed by atoms with Crippen molar-refractivity contribution in [3.63, 3.8) is 0 Å². The molecule has 3 nitrogen and oxygen atoms in total. The summed E-state index contributed by atoms with van der Waals surface area (Å²) >= 11 is 0. The fourth-order valence-electron chi connectivity index (χ4n) is 3.95. The van der Waals surface area contributed by atoms with E-state index in [1.807, 2.05) is 12.4 Å². The summed E-state index contributed by atoms with van der Waals surface area (Å²) in [5.41, 5.74) is 1.76. The minimum Gasteiger partial charge on any atom is -0.308 e. The zero-order valence-corrected chi connectivity index (χ0v) is 12.6. The molecule has 3 heteroatoms. The van der Waals surface area contributed by atoms with Gasteiger partial charge in [0.05, 0.1) is 0 Å². The van der Waals surface area contributed by atoms with Gasteiger partial charge in [-0.15, -0.1) is 0 Å². The molecule has 110 valence electrons. The largest absolute Gasteiger partial charge is 0.308 e. The zero-order valence-electron chi connectivity index (χ0n) is 12.6. The molecular formula is C17H27N3. The van der Waals surface area contributed by atoms with Gasteiger partial charge in [-0.25, -0.2) is 0 Å². The van der Waals surface area contributed by atoms with E-state index in [9.17, 15) is 0 Å². The molecule has 0 amide bonds. The summed E-state index contributed by atoms with van der Waals surface area (Å²) in [7, 11) is 0. The molecule has 2 heterocycles. The lowest BCUT2D eigenvalue weighted by Gasteiger charge is -2.46. The smallest absolute Gasteiger partial charge is 0.0312 e. The van der Waals surface area contributed by atoms with Crippen LogP contribution in [0.4, 0.5) is 0 Å². The van der Waals surface area contributed by atoms with E-state index >= 15 is 0 Å². The van der Waals surface area contributed by atoms with Crippen LogP contribution in [0.25, 0.3) is 0 Å². The first kappa shape index (κ1) is 14.0. The van der Waals surface area contributed by atoms with Gasteiger partial charge in [-0.3, -0.25) is 9.88 Å². The number of hydrogen-bond acceptors (Lipinski definition) is 3. The van der Waals surface area contributed by atoms with E-state index in [0.717, 1.165) is 13.1 Å². The Labute approximate surface area is 122 Å². The molecule has 1 N–H and O–H groups in total. The summed E-state index contributed by atoms with van der Waals surface area (Å²) in [4.78, 5) is 6.98. The maximum absolute atomic E-state index is 4.27. The lowest BCUT2D eigenvalue weighted by Crippen LogP contribution is -2.62. The number of nitrogens with one attached hydrogen (secondary N) is 1. The van der Waals surface area contributed by atoms with Crippen molar-refractivity contribution in [1.29, 1.82) is 0 Å². The number of hydrogen-bond donors (Lipinski definition) is 1. The first-order chi connectivity index (χ1) is 9.81. The number of pyridine rings is 1. The molecule has 1 atom stereocenters. The molecule has 0 radical (unpaired) electrons. The molecule has 1 saturated carbocycles. The molecule has 1 spiro atoms. The maximum Gasteiger partial charge on any atom is 0.0312 e. The summed E-state index contributed by atoms with van der Waals surface area (Å²) in [6.45, 7) is 5.73. The Hall–Kier alpha value is -0.930. The number of rotatable bonds is 4. The molecule has 0 aromatic carbocycles. The molecule has 20 heavy (non-hydrogen) atoms. The Morgan fingerprint density at radius 3 is 2.95 bits per heavy atom. The fourth-order valence-corrected chi connectivity index (χ4v) is 3.95. The molecule has 1 aromatic rings. The highest BCUT2D eigenvalue weighted by Crippen LogP contribution is 2.34. The molecular weight excluding hydrogens is 246 g/mol. The van der Waals surface area contributed by atoms with Crippen molar-refractivity contribution in [1.82, 2.24) is 15.2 Å². The summed E-state index contributed by atoms with van der Waals surface area (Å²) in [5.74, 6) is 0. The summed E-state index contributed by atoms with van der Waals surface area (Å²) < 4.78 is 0. The van der Waals surface area contributed by atoms with E-state index in [-0.39, 0.29) is 0 Å². The highest BCUT2D eigenvalue weighted by atomic mass is 15.3. The van der Waals surface area contributed by atoms with E-state index in [2.05, 4.69) is 34.3 Å². The molecule has 1 saturated heterocycles. The van der Waals surface area contributed by atoms with Gasteiger partial charge in [-0.05, 0) is 30.9 Å². The first-order valence-corrected chi connectivity index (χ1v) is 8.19. The molecule has 1 aliphatic heterocycles. The van der Waals surface area contributed by atoms with Crippen LogP contribution >= 0.6 is 0 Å². The average molecular weight is 273 g/mol. The van der Waals surface area contributed by atoms with Gasteiger partial charge in [-0.1, -0.05) is 32.3 Å². The van der Waals surface area contributed by atoms with E-state index in [0.29, 0.717) is 11.6 Å². The normalized spacial score (nSPS) is 26.1. The molecule has 1 unspecified atom stereocenters. The minimum absolute atomic E-state index is 0.409. The number of nitrogens with zero attached hydrogens (tertiary/aromatic N) is 2. The Morgan fingerprint density at radius 2 is 2.25 bits per heavy atom. The van der Waals surface area contributed by atoms with Crippen LogP contribution < -0.4 is 5.32 Å². The van der Waals surface area contributed by atoms with Crippen molar-refractivity contribution in [2.75, 3.05) is 13.1 Å². The van der Waals surface area contributed by atoms with Gasteiger partial charge >= 0.3 is 0 Å². The lowest BCUT2D eigenvalue weighted by atomic mass is 9.91. The van der Waals surface area contributed by atoms with Gasteiger partial charge in [0.1, 0.15) is 0 Å². The van der Waals surface area contributed by atoms with Crippen molar-refractivity contribution < 1.29 is 0 Å². The Kier molecular flexibility index (Phi) is 4.37. The van der Waals surface area contributed by atoms with Crippen molar-refractivity contribution in [2.45, 2.75) is 63.6 Å². The number of piperazine rings is 1. The summed E-state index contributed by atoms with van der Waals surface area (Å²) in [6, 6.07) is 4.95. The highest BCUT2D eigenvalue weighted by Gasteiger charge is 2.40. The Balaban J connectivity index is 1.71. The van der Waals surface area contributed by atoms with Gasteiger partial charge < -0.3 is 5.32 Å². The SMILES string of the molecule is CCCC1CNC2(CCCC2)CN1Cc1cccnc1. The Morgan fingerprint density at radius 1 is 1.40 bits per heavy atom.